The van der Waals surface area contributed by atoms with E-state index in [9.17, 15) is 8.78 Å². The van der Waals surface area contributed by atoms with E-state index in [4.69, 9.17) is 11.6 Å². The summed E-state index contributed by atoms with van der Waals surface area (Å²) in [5.74, 6) is -0.948. The van der Waals surface area contributed by atoms with Gasteiger partial charge in [-0.2, -0.15) is 4.39 Å². The first-order chi connectivity index (χ1) is 7.56. The van der Waals surface area contributed by atoms with Crippen molar-refractivity contribution in [1.82, 2.24) is 4.98 Å². The van der Waals surface area contributed by atoms with Crippen molar-refractivity contribution < 1.29 is 8.78 Å². The Kier molecular flexibility index (Phi) is 2.88. The van der Waals surface area contributed by atoms with E-state index in [-0.39, 0.29) is 0 Å². The molecule has 0 aliphatic carbocycles. The average Bonchev–Trinajstić information content (AvgIpc) is 2.20. The van der Waals surface area contributed by atoms with Crippen LogP contribution in [0.3, 0.4) is 0 Å². The Bertz CT molecular complexity index is 520. The van der Waals surface area contributed by atoms with Crippen LogP contribution in [0.15, 0.2) is 30.5 Å². The smallest absolute Gasteiger partial charge is 0.215 e. The molecule has 2 rings (SSSR count). The maximum Gasteiger partial charge on any atom is 0.215 e. The molecule has 82 valence electrons. The highest BCUT2D eigenvalue weighted by molar-refractivity contribution is 6.30. The predicted molar refractivity (Wildman–Crippen MR) is 59.3 cm³/mol. The largest absolute Gasteiger partial charge is 0.227 e. The topological polar surface area (TPSA) is 12.9 Å². The van der Waals surface area contributed by atoms with Crippen LogP contribution < -0.4 is 0 Å². The Hall–Kier alpha value is -1.48. The first kappa shape index (κ1) is 11.0. The molecule has 0 saturated carbocycles. The van der Waals surface area contributed by atoms with E-state index in [1.54, 1.807) is 19.1 Å². The minimum Gasteiger partial charge on any atom is -0.227 e. The van der Waals surface area contributed by atoms with Crippen LogP contribution in [0.2, 0.25) is 5.02 Å². The lowest BCUT2D eigenvalue weighted by atomic mass is 10.1. The first-order valence-corrected chi connectivity index (χ1v) is 5.02. The fourth-order valence-electron chi connectivity index (χ4n) is 1.44. The van der Waals surface area contributed by atoms with Gasteiger partial charge in [-0.3, -0.25) is 0 Å². The highest BCUT2D eigenvalue weighted by atomic mass is 35.5. The maximum absolute atomic E-state index is 13.1. The molecule has 0 N–H and O–H groups in total. The highest BCUT2D eigenvalue weighted by Gasteiger charge is 2.05. The van der Waals surface area contributed by atoms with Gasteiger partial charge in [-0.1, -0.05) is 11.6 Å². The van der Waals surface area contributed by atoms with Crippen LogP contribution in [0.25, 0.3) is 11.1 Å². The lowest BCUT2D eigenvalue weighted by Crippen LogP contribution is -1.89. The van der Waals surface area contributed by atoms with Crippen molar-refractivity contribution in [1.29, 1.82) is 0 Å². The molecule has 1 nitrogen and oxygen atoms in total. The normalized spacial score (nSPS) is 10.5. The molecule has 16 heavy (non-hydrogen) atoms. The summed E-state index contributed by atoms with van der Waals surface area (Å²) in [6.45, 7) is 1.60. The van der Waals surface area contributed by atoms with Crippen LogP contribution >= 0.6 is 11.6 Å². The number of halogens is 3. The summed E-state index contributed by atoms with van der Waals surface area (Å²) >= 11 is 5.74. The van der Waals surface area contributed by atoms with Crippen LogP contribution in [0.1, 0.15) is 5.56 Å². The first-order valence-electron chi connectivity index (χ1n) is 4.65. The van der Waals surface area contributed by atoms with Crippen molar-refractivity contribution in [2.75, 3.05) is 0 Å². The number of benzene rings is 1. The molecule has 2 aromatic rings. The van der Waals surface area contributed by atoms with Crippen molar-refractivity contribution in [3.8, 4) is 11.1 Å². The fourth-order valence-corrected chi connectivity index (χ4v) is 1.66. The molecule has 0 bridgehead atoms. The molecule has 1 aromatic heterocycles. The third-order valence-electron chi connectivity index (χ3n) is 2.21. The van der Waals surface area contributed by atoms with E-state index in [2.05, 4.69) is 4.98 Å². The lowest BCUT2D eigenvalue weighted by Gasteiger charge is -2.04. The molecule has 0 atom stereocenters. The van der Waals surface area contributed by atoms with Gasteiger partial charge in [0.1, 0.15) is 5.82 Å². The molecule has 0 aliphatic rings. The molecule has 0 amide bonds. The van der Waals surface area contributed by atoms with E-state index in [1.165, 1.54) is 18.3 Å². The van der Waals surface area contributed by atoms with Gasteiger partial charge in [0, 0.05) is 22.3 Å². The number of nitrogens with zero attached hydrogens (tertiary/aromatic N) is 1. The third-order valence-corrected chi connectivity index (χ3v) is 2.43. The molecule has 4 heteroatoms. The van der Waals surface area contributed by atoms with Gasteiger partial charge in [0.2, 0.25) is 5.95 Å². The van der Waals surface area contributed by atoms with Crippen LogP contribution in [-0.2, 0) is 0 Å². The van der Waals surface area contributed by atoms with Crippen molar-refractivity contribution in [3.63, 3.8) is 0 Å². The number of pyridine rings is 1. The van der Waals surface area contributed by atoms with Gasteiger partial charge in [0.15, 0.2) is 0 Å². The molecule has 1 heterocycles. The Morgan fingerprint density at radius 2 is 1.81 bits per heavy atom. The van der Waals surface area contributed by atoms with E-state index in [0.717, 1.165) is 0 Å². The van der Waals surface area contributed by atoms with Crippen LogP contribution in [-0.4, -0.2) is 4.98 Å². The molecule has 0 radical (unpaired) electrons. The standard InChI is InChI=1S/C12H8ClF2N/c1-7-2-9(6-16-12(7)15)8-3-10(13)5-11(14)4-8/h2-6H,1H3. The Labute approximate surface area is 96.7 Å². The number of aromatic nitrogens is 1. The van der Waals surface area contributed by atoms with Gasteiger partial charge in [-0.05, 0) is 36.8 Å². The summed E-state index contributed by atoms with van der Waals surface area (Å²) in [4.78, 5) is 3.58. The van der Waals surface area contributed by atoms with E-state index < -0.39 is 11.8 Å². The van der Waals surface area contributed by atoms with Gasteiger partial charge < -0.3 is 0 Å². The van der Waals surface area contributed by atoms with Crippen molar-refractivity contribution in [2.24, 2.45) is 0 Å². The van der Waals surface area contributed by atoms with Gasteiger partial charge in [0.05, 0.1) is 0 Å². The summed E-state index contributed by atoms with van der Waals surface area (Å²) in [5.41, 5.74) is 1.64. The van der Waals surface area contributed by atoms with Crippen molar-refractivity contribution in [2.45, 2.75) is 6.92 Å². The number of rotatable bonds is 1. The van der Waals surface area contributed by atoms with Crippen LogP contribution in [0, 0.1) is 18.7 Å². The Morgan fingerprint density at radius 1 is 1.06 bits per heavy atom. The molecule has 0 unspecified atom stereocenters. The van der Waals surface area contributed by atoms with Crippen molar-refractivity contribution >= 4 is 11.6 Å². The molecular weight excluding hydrogens is 232 g/mol. The molecule has 0 saturated heterocycles. The number of hydrogen-bond donors (Lipinski definition) is 0. The van der Waals surface area contributed by atoms with Crippen molar-refractivity contribution in [3.05, 3.63) is 52.8 Å². The Morgan fingerprint density at radius 3 is 2.44 bits per heavy atom. The number of aryl methyl sites for hydroxylation is 1. The maximum atomic E-state index is 13.1. The summed E-state index contributed by atoms with van der Waals surface area (Å²) in [7, 11) is 0. The van der Waals surface area contributed by atoms with Crippen LogP contribution in [0.5, 0.6) is 0 Å². The molecule has 1 aromatic carbocycles. The van der Waals surface area contributed by atoms with Gasteiger partial charge in [0.25, 0.3) is 0 Å². The summed E-state index contributed by atoms with van der Waals surface area (Å²) in [6, 6.07) is 5.77. The summed E-state index contributed by atoms with van der Waals surface area (Å²) in [6.07, 6.45) is 1.35. The highest BCUT2D eigenvalue weighted by Crippen LogP contribution is 2.24. The third kappa shape index (κ3) is 2.19. The van der Waals surface area contributed by atoms with Gasteiger partial charge in [-0.25, -0.2) is 9.37 Å². The zero-order chi connectivity index (χ0) is 11.7. The second kappa shape index (κ2) is 4.18. The van der Waals surface area contributed by atoms with Gasteiger partial charge >= 0.3 is 0 Å². The molecular formula is C12H8ClF2N. The minimum atomic E-state index is -0.522. The quantitative estimate of drug-likeness (QED) is 0.686. The Balaban J connectivity index is 2.54. The second-order valence-corrected chi connectivity index (χ2v) is 3.93. The summed E-state index contributed by atoms with van der Waals surface area (Å²) in [5, 5.41) is 0.303. The molecule has 0 aliphatic heterocycles. The minimum absolute atomic E-state index is 0.303. The second-order valence-electron chi connectivity index (χ2n) is 3.49. The van der Waals surface area contributed by atoms with Gasteiger partial charge in [-0.15, -0.1) is 0 Å². The lowest BCUT2D eigenvalue weighted by molar-refractivity contribution is 0.575. The predicted octanol–water partition coefficient (Wildman–Crippen LogP) is 3.99. The SMILES string of the molecule is Cc1cc(-c2cc(F)cc(Cl)c2)cnc1F. The zero-order valence-corrected chi connectivity index (χ0v) is 9.22. The van der Waals surface area contributed by atoms with E-state index in [1.807, 2.05) is 0 Å². The van der Waals surface area contributed by atoms with Crippen LogP contribution in [0.4, 0.5) is 8.78 Å². The van der Waals surface area contributed by atoms with E-state index in [0.29, 0.717) is 21.7 Å². The molecule has 0 fully saturated rings. The fraction of sp³-hybridized carbons (Fsp3) is 0.0833. The average molecular weight is 240 g/mol. The zero-order valence-electron chi connectivity index (χ0n) is 8.47. The van der Waals surface area contributed by atoms with E-state index >= 15 is 0 Å². The monoisotopic (exact) mass is 239 g/mol. The summed E-state index contributed by atoms with van der Waals surface area (Å²) < 4.78 is 26.1. The number of hydrogen-bond acceptors (Lipinski definition) is 1. The molecule has 0 spiro atoms.